The molecule has 176 valence electrons. The first-order valence-corrected chi connectivity index (χ1v) is 11.7. The number of hydrogen-bond donors (Lipinski definition) is 0. The molecule has 2 aromatic carbocycles. The zero-order valence-electron chi connectivity index (χ0n) is 19.4. The molecule has 0 radical (unpaired) electrons. The molecule has 0 N–H and O–H groups in total. The predicted octanol–water partition coefficient (Wildman–Crippen LogP) is 4.04. The number of aromatic nitrogens is 1. The van der Waals surface area contributed by atoms with Gasteiger partial charge in [0.15, 0.2) is 0 Å². The molecule has 1 atom stereocenters. The summed E-state index contributed by atoms with van der Waals surface area (Å²) in [4.78, 5) is 24.1. The Labute approximate surface area is 199 Å². The van der Waals surface area contributed by atoms with Crippen molar-refractivity contribution in [3.8, 4) is 5.75 Å². The summed E-state index contributed by atoms with van der Waals surface area (Å²) < 4.78 is 19.5. The molecule has 1 saturated heterocycles. The Kier molecular flexibility index (Phi) is 6.34. The number of amides is 1. The first-order chi connectivity index (χ1) is 16.6. The van der Waals surface area contributed by atoms with E-state index in [-0.39, 0.29) is 17.8 Å². The zero-order chi connectivity index (χ0) is 23.5. The molecule has 0 unspecified atom stereocenters. The molecule has 6 nitrogen and oxygen atoms in total. The molecule has 2 aliphatic heterocycles. The van der Waals surface area contributed by atoms with Gasteiger partial charge in [0.2, 0.25) is 5.91 Å². The van der Waals surface area contributed by atoms with E-state index in [1.807, 2.05) is 36.1 Å². The van der Waals surface area contributed by atoms with Gasteiger partial charge in [-0.1, -0.05) is 24.3 Å². The van der Waals surface area contributed by atoms with Gasteiger partial charge in [-0.3, -0.25) is 4.79 Å². The molecular weight excluding hydrogens is 431 g/mol. The average Bonchev–Trinajstić information content (AvgIpc) is 2.87. The fourth-order valence-corrected chi connectivity index (χ4v) is 4.67. The van der Waals surface area contributed by atoms with E-state index in [4.69, 9.17) is 4.74 Å². The minimum absolute atomic E-state index is 0.0958. The van der Waals surface area contributed by atoms with Crippen molar-refractivity contribution >= 4 is 17.4 Å². The lowest BCUT2D eigenvalue weighted by Gasteiger charge is -2.40. The average molecular weight is 461 g/mol. The van der Waals surface area contributed by atoms with Crippen molar-refractivity contribution in [2.45, 2.75) is 25.9 Å². The number of aryl methyl sites for hydroxylation is 1. The van der Waals surface area contributed by atoms with Gasteiger partial charge < -0.3 is 19.4 Å². The second-order valence-electron chi connectivity index (χ2n) is 8.95. The van der Waals surface area contributed by atoms with E-state index >= 15 is 0 Å². The zero-order valence-corrected chi connectivity index (χ0v) is 19.4. The van der Waals surface area contributed by atoms with E-state index in [0.717, 1.165) is 41.5 Å². The number of piperazine rings is 1. The van der Waals surface area contributed by atoms with Gasteiger partial charge in [-0.05, 0) is 54.4 Å². The van der Waals surface area contributed by atoms with Crippen molar-refractivity contribution in [2.24, 2.45) is 0 Å². The van der Waals surface area contributed by atoms with Crippen LogP contribution in [0.5, 0.6) is 5.75 Å². The monoisotopic (exact) mass is 460 g/mol. The summed E-state index contributed by atoms with van der Waals surface area (Å²) in [5, 5.41) is 0. The van der Waals surface area contributed by atoms with Crippen molar-refractivity contribution in [1.29, 1.82) is 0 Å². The molecule has 3 heterocycles. The first kappa shape index (κ1) is 22.2. The number of halogens is 1. The number of hydrogen-bond acceptors (Lipinski definition) is 5. The van der Waals surface area contributed by atoms with Crippen LogP contribution in [-0.2, 0) is 11.3 Å². The number of fused-ring (bicyclic) bond motifs is 1. The highest BCUT2D eigenvalue weighted by Gasteiger charge is 2.32. The number of carbonyl (C=O) groups is 1. The molecule has 7 heteroatoms. The molecular formula is C27H29FN4O2. The fraction of sp³-hybridized carbons (Fsp3) is 0.333. The van der Waals surface area contributed by atoms with Crippen LogP contribution in [0.1, 0.15) is 17.5 Å². The number of ether oxygens (including phenoxy) is 1. The summed E-state index contributed by atoms with van der Waals surface area (Å²) >= 11 is 0. The van der Waals surface area contributed by atoms with Crippen LogP contribution in [-0.4, -0.2) is 54.6 Å². The minimum Gasteiger partial charge on any atom is -0.489 e. The van der Waals surface area contributed by atoms with Crippen LogP contribution >= 0.6 is 0 Å². The molecule has 3 aromatic rings. The maximum atomic E-state index is 13.4. The molecule has 2 aliphatic rings. The number of anilines is 2. The maximum Gasteiger partial charge on any atom is 0.224 e. The van der Waals surface area contributed by atoms with Crippen molar-refractivity contribution in [2.75, 3.05) is 42.6 Å². The van der Waals surface area contributed by atoms with Crippen molar-refractivity contribution < 1.29 is 13.9 Å². The molecule has 0 spiro atoms. The highest BCUT2D eigenvalue weighted by Crippen LogP contribution is 2.36. The van der Waals surface area contributed by atoms with Crippen LogP contribution in [0, 0.1) is 12.7 Å². The molecule has 0 saturated carbocycles. The standard InChI is InChI=1S/C27H29FN4O2/c1-20-5-10-24-25(16-20)34-19-23(32(24)18-21-6-8-22(28)9-7-21)17-27(33)31-14-12-30(13-15-31)26-4-2-3-11-29-26/h2-11,16,23H,12-15,17-19H2,1H3/t23-/m0/s1. The van der Waals surface area contributed by atoms with Crippen molar-refractivity contribution in [3.63, 3.8) is 0 Å². The Bertz CT molecular complexity index is 1130. The number of carbonyl (C=O) groups excluding carboxylic acids is 1. The van der Waals surface area contributed by atoms with Crippen LogP contribution in [0.2, 0.25) is 0 Å². The molecule has 1 aromatic heterocycles. The molecule has 34 heavy (non-hydrogen) atoms. The van der Waals surface area contributed by atoms with Gasteiger partial charge in [-0.25, -0.2) is 9.37 Å². The molecule has 1 fully saturated rings. The largest absolute Gasteiger partial charge is 0.489 e. The molecule has 1 amide bonds. The Morgan fingerprint density at radius 2 is 1.85 bits per heavy atom. The Hall–Kier alpha value is -3.61. The second kappa shape index (κ2) is 9.71. The van der Waals surface area contributed by atoms with E-state index in [2.05, 4.69) is 26.9 Å². The Balaban J connectivity index is 1.29. The van der Waals surface area contributed by atoms with E-state index in [1.54, 1.807) is 18.3 Å². The van der Waals surface area contributed by atoms with E-state index in [0.29, 0.717) is 32.7 Å². The normalized spacial score (nSPS) is 17.8. The topological polar surface area (TPSA) is 48.9 Å². The van der Waals surface area contributed by atoms with Gasteiger partial charge in [0.05, 0.1) is 18.2 Å². The van der Waals surface area contributed by atoms with E-state index < -0.39 is 0 Å². The minimum atomic E-state index is -0.252. The smallest absolute Gasteiger partial charge is 0.224 e. The van der Waals surface area contributed by atoms with Gasteiger partial charge in [-0.2, -0.15) is 0 Å². The Morgan fingerprint density at radius 1 is 1.06 bits per heavy atom. The number of rotatable bonds is 5. The Morgan fingerprint density at radius 3 is 2.59 bits per heavy atom. The quantitative estimate of drug-likeness (QED) is 0.575. The van der Waals surface area contributed by atoms with Gasteiger partial charge in [-0.15, -0.1) is 0 Å². The van der Waals surface area contributed by atoms with Crippen LogP contribution in [0.3, 0.4) is 0 Å². The summed E-state index contributed by atoms with van der Waals surface area (Å²) in [7, 11) is 0. The SMILES string of the molecule is Cc1ccc2c(c1)OC[C@H](CC(=O)N1CCN(c3ccccn3)CC1)N2Cc1ccc(F)cc1. The van der Waals surface area contributed by atoms with Crippen molar-refractivity contribution in [1.82, 2.24) is 9.88 Å². The van der Waals surface area contributed by atoms with Gasteiger partial charge in [0.1, 0.15) is 24.0 Å². The van der Waals surface area contributed by atoms with E-state index in [9.17, 15) is 9.18 Å². The lowest BCUT2D eigenvalue weighted by molar-refractivity contribution is -0.132. The highest BCUT2D eigenvalue weighted by atomic mass is 19.1. The van der Waals surface area contributed by atoms with Crippen molar-refractivity contribution in [3.05, 3.63) is 83.8 Å². The number of pyridine rings is 1. The summed E-state index contributed by atoms with van der Waals surface area (Å²) in [6.45, 7) is 5.96. The lowest BCUT2D eigenvalue weighted by atomic mass is 10.0. The van der Waals surface area contributed by atoms with Gasteiger partial charge >= 0.3 is 0 Å². The third-order valence-electron chi connectivity index (χ3n) is 6.58. The lowest BCUT2D eigenvalue weighted by Crippen LogP contribution is -2.51. The predicted molar refractivity (Wildman–Crippen MR) is 131 cm³/mol. The van der Waals surface area contributed by atoms with Crippen LogP contribution in [0.15, 0.2) is 66.9 Å². The third-order valence-corrected chi connectivity index (χ3v) is 6.58. The third kappa shape index (κ3) is 4.83. The summed E-state index contributed by atoms with van der Waals surface area (Å²) in [5.74, 6) is 1.66. The summed E-state index contributed by atoms with van der Waals surface area (Å²) in [6, 6.07) is 18.5. The van der Waals surface area contributed by atoms with Crippen LogP contribution < -0.4 is 14.5 Å². The van der Waals surface area contributed by atoms with Crippen LogP contribution in [0.25, 0.3) is 0 Å². The summed E-state index contributed by atoms with van der Waals surface area (Å²) in [6.07, 6.45) is 2.17. The molecule has 0 aliphatic carbocycles. The molecule has 5 rings (SSSR count). The fourth-order valence-electron chi connectivity index (χ4n) is 4.67. The second-order valence-corrected chi connectivity index (χ2v) is 8.95. The highest BCUT2D eigenvalue weighted by molar-refractivity contribution is 5.78. The van der Waals surface area contributed by atoms with E-state index in [1.165, 1.54) is 12.1 Å². The number of benzene rings is 2. The summed E-state index contributed by atoms with van der Waals surface area (Å²) in [5.41, 5.74) is 3.09. The molecule has 0 bridgehead atoms. The van der Waals surface area contributed by atoms with Gasteiger partial charge in [0, 0.05) is 38.9 Å². The first-order valence-electron chi connectivity index (χ1n) is 11.7. The van der Waals surface area contributed by atoms with Gasteiger partial charge in [0.25, 0.3) is 0 Å². The maximum absolute atomic E-state index is 13.4. The number of nitrogens with zero attached hydrogens (tertiary/aromatic N) is 4. The van der Waals surface area contributed by atoms with Crippen LogP contribution in [0.4, 0.5) is 15.9 Å².